The summed E-state index contributed by atoms with van der Waals surface area (Å²) in [7, 11) is 0. The zero-order chi connectivity index (χ0) is 18.1. The molecule has 2 N–H and O–H groups in total. The van der Waals surface area contributed by atoms with Crippen molar-refractivity contribution in [2.75, 3.05) is 39.3 Å². The molecule has 2 aliphatic rings. The molecular weight excluding hydrogens is 336 g/mol. The van der Waals surface area contributed by atoms with Crippen molar-refractivity contribution in [2.24, 2.45) is 0 Å². The fourth-order valence-corrected chi connectivity index (χ4v) is 4.07. The number of hydrogen-bond acceptors (Lipinski definition) is 4. The zero-order valence-corrected chi connectivity index (χ0v) is 15.4. The van der Waals surface area contributed by atoms with Crippen molar-refractivity contribution in [3.63, 3.8) is 0 Å². The number of rotatable bonds is 5. The molecule has 3 aromatic rings. The van der Waals surface area contributed by atoms with Crippen LogP contribution < -0.4 is 10.1 Å². The Kier molecular flexibility index (Phi) is 4.40. The molecule has 0 saturated carbocycles. The summed E-state index contributed by atoms with van der Waals surface area (Å²) >= 11 is 0. The molecule has 0 unspecified atom stereocenters. The van der Waals surface area contributed by atoms with Gasteiger partial charge in [0.15, 0.2) is 0 Å². The van der Waals surface area contributed by atoms with E-state index in [1.165, 1.54) is 16.7 Å². The summed E-state index contributed by atoms with van der Waals surface area (Å²) in [6.45, 7) is 6.03. The number of aromatic amines is 1. The van der Waals surface area contributed by atoms with Gasteiger partial charge in [-0.1, -0.05) is 36.4 Å². The number of hydrogen-bond donors (Lipinski definition) is 2. The SMILES string of the molecule is c1cc(OCCN2CCNCC2)cc(-c2n[nH]c3c2Cc2ccccc2-3)c1. The molecule has 1 aromatic heterocycles. The van der Waals surface area contributed by atoms with Crippen molar-refractivity contribution in [2.45, 2.75) is 6.42 Å². The smallest absolute Gasteiger partial charge is 0.120 e. The van der Waals surface area contributed by atoms with Gasteiger partial charge in [0.05, 0.1) is 11.4 Å². The molecule has 2 heterocycles. The molecule has 1 aliphatic heterocycles. The minimum absolute atomic E-state index is 0.716. The lowest BCUT2D eigenvalue weighted by Gasteiger charge is -2.26. The molecule has 1 saturated heterocycles. The minimum Gasteiger partial charge on any atom is -0.492 e. The van der Waals surface area contributed by atoms with E-state index in [2.05, 4.69) is 62.9 Å². The van der Waals surface area contributed by atoms with Crippen molar-refractivity contribution >= 4 is 0 Å². The van der Waals surface area contributed by atoms with Crippen LogP contribution in [0.4, 0.5) is 0 Å². The first-order chi connectivity index (χ1) is 13.4. The third-order valence-electron chi connectivity index (χ3n) is 5.51. The molecule has 5 heteroatoms. The topological polar surface area (TPSA) is 53.2 Å². The molecule has 5 nitrogen and oxygen atoms in total. The van der Waals surface area contributed by atoms with Crippen molar-refractivity contribution in [3.05, 3.63) is 59.7 Å². The van der Waals surface area contributed by atoms with Crippen LogP contribution in [0.1, 0.15) is 11.1 Å². The van der Waals surface area contributed by atoms with Gasteiger partial charge in [-0.05, 0) is 17.7 Å². The lowest BCUT2D eigenvalue weighted by atomic mass is 10.1. The number of fused-ring (bicyclic) bond motifs is 3. The van der Waals surface area contributed by atoms with Crippen molar-refractivity contribution in [3.8, 4) is 28.3 Å². The Morgan fingerprint density at radius 2 is 1.93 bits per heavy atom. The standard InChI is InChI=1S/C22H24N4O/c1-2-7-19-16(4-1)15-20-21(24-25-22(19)20)17-5-3-6-18(14-17)27-13-12-26-10-8-23-9-11-26/h1-7,14,23H,8-13,15H2,(H,24,25). The van der Waals surface area contributed by atoms with Gasteiger partial charge in [0, 0.05) is 55.8 Å². The molecule has 0 amide bonds. The molecule has 1 aliphatic carbocycles. The molecule has 0 atom stereocenters. The predicted molar refractivity (Wildman–Crippen MR) is 107 cm³/mol. The summed E-state index contributed by atoms with van der Waals surface area (Å²) in [6, 6.07) is 16.9. The summed E-state index contributed by atoms with van der Waals surface area (Å²) in [5.74, 6) is 0.912. The van der Waals surface area contributed by atoms with Crippen molar-refractivity contribution < 1.29 is 4.74 Å². The highest BCUT2D eigenvalue weighted by molar-refractivity contribution is 5.81. The average Bonchev–Trinajstić information content (AvgIpc) is 3.28. The third-order valence-corrected chi connectivity index (χ3v) is 5.51. The van der Waals surface area contributed by atoms with Gasteiger partial charge in [0.2, 0.25) is 0 Å². The molecule has 1 fully saturated rings. The Morgan fingerprint density at radius 1 is 1.04 bits per heavy atom. The number of H-pyrrole nitrogens is 1. The Labute approximate surface area is 159 Å². The van der Waals surface area contributed by atoms with Crippen LogP contribution in [-0.2, 0) is 6.42 Å². The minimum atomic E-state index is 0.716. The van der Waals surface area contributed by atoms with E-state index >= 15 is 0 Å². The summed E-state index contributed by atoms with van der Waals surface area (Å²) in [5, 5.41) is 11.2. The van der Waals surface area contributed by atoms with E-state index in [0.717, 1.165) is 61.8 Å². The van der Waals surface area contributed by atoms with Gasteiger partial charge in [-0.25, -0.2) is 0 Å². The lowest BCUT2D eigenvalue weighted by Crippen LogP contribution is -2.44. The molecule has 0 spiro atoms. The number of benzene rings is 2. The number of ether oxygens (including phenoxy) is 1. The van der Waals surface area contributed by atoms with Crippen LogP contribution in [0.25, 0.3) is 22.5 Å². The van der Waals surface area contributed by atoms with E-state index in [1.54, 1.807) is 0 Å². The van der Waals surface area contributed by atoms with Gasteiger partial charge < -0.3 is 10.1 Å². The first-order valence-corrected chi connectivity index (χ1v) is 9.70. The van der Waals surface area contributed by atoms with Gasteiger partial charge in [-0.2, -0.15) is 5.10 Å². The van der Waals surface area contributed by atoms with Crippen LogP contribution in [0, 0.1) is 0 Å². The summed E-state index contributed by atoms with van der Waals surface area (Å²) in [4.78, 5) is 2.44. The Bertz CT molecular complexity index is 943. The van der Waals surface area contributed by atoms with E-state index < -0.39 is 0 Å². The van der Waals surface area contributed by atoms with Crippen LogP contribution >= 0.6 is 0 Å². The van der Waals surface area contributed by atoms with Crippen LogP contribution in [0.5, 0.6) is 5.75 Å². The second-order valence-electron chi connectivity index (χ2n) is 7.23. The first-order valence-electron chi connectivity index (χ1n) is 9.70. The highest BCUT2D eigenvalue weighted by Crippen LogP contribution is 2.40. The molecule has 2 aromatic carbocycles. The maximum Gasteiger partial charge on any atom is 0.120 e. The molecular formula is C22H24N4O. The molecule has 138 valence electrons. The lowest BCUT2D eigenvalue weighted by molar-refractivity contribution is 0.191. The average molecular weight is 360 g/mol. The molecule has 0 radical (unpaired) electrons. The first kappa shape index (κ1) is 16.5. The predicted octanol–water partition coefficient (Wildman–Crippen LogP) is 2.93. The molecule has 0 bridgehead atoms. The van der Waals surface area contributed by atoms with Crippen LogP contribution in [-0.4, -0.2) is 54.4 Å². The van der Waals surface area contributed by atoms with Gasteiger partial charge in [0.25, 0.3) is 0 Å². The van der Waals surface area contributed by atoms with E-state index in [-0.39, 0.29) is 0 Å². The van der Waals surface area contributed by atoms with E-state index in [0.29, 0.717) is 6.61 Å². The highest BCUT2D eigenvalue weighted by Gasteiger charge is 2.24. The monoisotopic (exact) mass is 360 g/mol. The van der Waals surface area contributed by atoms with Crippen LogP contribution in [0.3, 0.4) is 0 Å². The van der Waals surface area contributed by atoms with Gasteiger partial charge >= 0.3 is 0 Å². The van der Waals surface area contributed by atoms with E-state index in [1.807, 2.05) is 6.07 Å². The quantitative estimate of drug-likeness (QED) is 0.575. The second kappa shape index (κ2) is 7.18. The number of nitrogens with one attached hydrogen (secondary N) is 2. The van der Waals surface area contributed by atoms with Gasteiger partial charge in [0.1, 0.15) is 12.4 Å². The fourth-order valence-electron chi connectivity index (χ4n) is 4.07. The van der Waals surface area contributed by atoms with Gasteiger partial charge in [-0.3, -0.25) is 10.00 Å². The third kappa shape index (κ3) is 3.24. The zero-order valence-electron chi connectivity index (χ0n) is 15.4. The second-order valence-corrected chi connectivity index (χ2v) is 7.23. The van der Waals surface area contributed by atoms with E-state index in [9.17, 15) is 0 Å². The maximum atomic E-state index is 6.03. The van der Waals surface area contributed by atoms with Gasteiger partial charge in [-0.15, -0.1) is 0 Å². The largest absolute Gasteiger partial charge is 0.492 e. The molecule has 27 heavy (non-hydrogen) atoms. The maximum absolute atomic E-state index is 6.03. The Hall–Kier alpha value is -2.63. The fraction of sp³-hybridized carbons (Fsp3) is 0.318. The summed E-state index contributed by atoms with van der Waals surface area (Å²) in [6.07, 6.45) is 0.936. The van der Waals surface area contributed by atoms with Crippen molar-refractivity contribution in [1.82, 2.24) is 20.4 Å². The Morgan fingerprint density at radius 3 is 2.85 bits per heavy atom. The van der Waals surface area contributed by atoms with Crippen molar-refractivity contribution in [1.29, 1.82) is 0 Å². The number of piperazine rings is 1. The van der Waals surface area contributed by atoms with Crippen LogP contribution in [0.2, 0.25) is 0 Å². The number of aromatic nitrogens is 2. The summed E-state index contributed by atoms with van der Waals surface area (Å²) < 4.78 is 6.03. The normalized spacial score (nSPS) is 16.1. The highest BCUT2D eigenvalue weighted by atomic mass is 16.5. The van der Waals surface area contributed by atoms with Crippen LogP contribution in [0.15, 0.2) is 48.5 Å². The summed E-state index contributed by atoms with van der Waals surface area (Å²) in [5.41, 5.74) is 7.23. The number of nitrogens with zero attached hydrogens (tertiary/aromatic N) is 2. The Balaban J connectivity index is 1.31. The van der Waals surface area contributed by atoms with E-state index in [4.69, 9.17) is 4.74 Å². The molecule has 5 rings (SSSR count).